The van der Waals surface area contributed by atoms with Crippen LogP contribution in [0.2, 0.25) is 0 Å². The van der Waals surface area contributed by atoms with Gasteiger partial charge in [0.1, 0.15) is 0 Å². The average Bonchev–Trinajstić information content (AvgIpc) is 2.50. The number of rotatable bonds is 1. The summed E-state index contributed by atoms with van der Waals surface area (Å²) < 4.78 is 4.76. The van der Waals surface area contributed by atoms with E-state index in [0.717, 1.165) is 0 Å². The van der Waals surface area contributed by atoms with Gasteiger partial charge in [-0.1, -0.05) is 39.0 Å². The van der Waals surface area contributed by atoms with Crippen molar-refractivity contribution in [1.82, 2.24) is 0 Å². The van der Waals surface area contributed by atoms with E-state index < -0.39 is 0 Å². The van der Waals surface area contributed by atoms with E-state index in [2.05, 4.69) is 27.4 Å². The van der Waals surface area contributed by atoms with Crippen LogP contribution in [0.4, 0.5) is 0 Å². The van der Waals surface area contributed by atoms with E-state index in [0.29, 0.717) is 11.5 Å². The van der Waals surface area contributed by atoms with Crippen molar-refractivity contribution in [2.24, 2.45) is 0 Å². The first-order valence-corrected chi connectivity index (χ1v) is 5.81. The fourth-order valence-corrected chi connectivity index (χ4v) is 2.62. The van der Waals surface area contributed by atoms with Crippen molar-refractivity contribution in [1.29, 1.82) is 0 Å². The molecule has 0 N–H and O–H groups in total. The van der Waals surface area contributed by atoms with Crippen molar-refractivity contribution in [2.75, 3.05) is 7.11 Å². The lowest BCUT2D eigenvalue weighted by atomic mass is 9.82. The number of benzene rings is 1. The van der Waals surface area contributed by atoms with Crippen LogP contribution in [0.3, 0.4) is 0 Å². The van der Waals surface area contributed by atoms with Gasteiger partial charge in [0.25, 0.3) is 0 Å². The number of hydrogen-bond donors (Lipinski definition) is 0. The Balaban J connectivity index is 2.58. The Labute approximate surface area is 102 Å². The van der Waals surface area contributed by atoms with Crippen LogP contribution in [0.15, 0.2) is 30.4 Å². The van der Waals surface area contributed by atoms with E-state index in [4.69, 9.17) is 4.74 Å². The van der Waals surface area contributed by atoms with Crippen LogP contribution in [0.25, 0.3) is 0 Å². The Morgan fingerprint density at radius 1 is 1.41 bits per heavy atom. The fraction of sp³-hybridized carbons (Fsp3) is 0.400. The molecule has 1 aliphatic rings. The second kappa shape index (κ2) is 3.73. The number of ether oxygens (including phenoxy) is 1. The van der Waals surface area contributed by atoms with Crippen LogP contribution in [0, 0.1) is 0 Å². The minimum absolute atomic E-state index is 0.0707. The van der Waals surface area contributed by atoms with Crippen molar-refractivity contribution in [2.45, 2.75) is 32.1 Å². The molecule has 90 valence electrons. The first-order valence-electron chi connectivity index (χ1n) is 5.81. The Morgan fingerprint density at radius 2 is 2.06 bits per heavy atom. The van der Waals surface area contributed by atoms with Crippen molar-refractivity contribution >= 4 is 5.97 Å². The summed E-state index contributed by atoms with van der Waals surface area (Å²) in [5.41, 5.74) is 4.21. The lowest BCUT2D eigenvalue weighted by molar-refractivity contribution is 0.0600. The largest absolute Gasteiger partial charge is 0.465 e. The van der Waals surface area contributed by atoms with Gasteiger partial charge < -0.3 is 4.74 Å². The molecule has 1 aromatic rings. The summed E-state index contributed by atoms with van der Waals surface area (Å²) in [5.74, 6) is 0.0699. The molecule has 2 heteroatoms. The Kier molecular flexibility index (Phi) is 2.61. The molecule has 1 aliphatic carbocycles. The summed E-state index contributed by atoms with van der Waals surface area (Å²) in [6.45, 7) is 10.6. The molecule has 1 unspecified atom stereocenters. The monoisotopic (exact) mass is 230 g/mol. The molecule has 1 aromatic carbocycles. The zero-order valence-electron chi connectivity index (χ0n) is 10.8. The predicted octanol–water partition coefficient (Wildman–Crippen LogP) is 3.42. The van der Waals surface area contributed by atoms with Gasteiger partial charge >= 0.3 is 5.97 Å². The minimum Gasteiger partial charge on any atom is -0.465 e. The summed E-state index contributed by atoms with van der Waals surface area (Å²) in [6.07, 6.45) is 0. The summed E-state index contributed by atoms with van der Waals surface area (Å²) >= 11 is 0. The number of allylic oxidation sites excluding steroid dienone is 1. The van der Waals surface area contributed by atoms with Crippen LogP contribution in [0.5, 0.6) is 0 Å². The molecular weight excluding hydrogens is 212 g/mol. The molecule has 0 amide bonds. The molecule has 0 heterocycles. The van der Waals surface area contributed by atoms with Gasteiger partial charge in [-0.05, 0) is 23.3 Å². The molecule has 17 heavy (non-hydrogen) atoms. The molecule has 0 aromatic heterocycles. The van der Waals surface area contributed by atoms with E-state index in [1.165, 1.54) is 23.8 Å². The van der Waals surface area contributed by atoms with Gasteiger partial charge in [-0.15, -0.1) is 0 Å². The van der Waals surface area contributed by atoms with E-state index in [9.17, 15) is 4.79 Å². The first kappa shape index (κ1) is 11.9. The summed E-state index contributed by atoms with van der Waals surface area (Å²) in [6, 6.07) is 5.79. The topological polar surface area (TPSA) is 26.3 Å². The molecule has 1 atom stereocenters. The summed E-state index contributed by atoms with van der Waals surface area (Å²) in [4.78, 5) is 11.5. The Bertz CT molecular complexity index is 498. The number of fused-ring (bicyclic) bond motifs is 1. The van der Waals surface area contributed by atoms with Crippen molar-refractivity contribution in [3.63, 3.8) is 0 Å². The predicted molar refractivity (Wildman–Crippen MR) is 68.4 cm³/mol. The Hall–Kier alpha value is -1.57. The second-order valence-corrected chi connectivity index (χ2v) is 5.17. The van der Waals surface area contributed by atoms with Gasteiger partial charge in [-0.3, -0.25) is 0 Å². The normalized spacial score (nSPS) is 21.2. The van der Waals surface area contributed by atoms with Gasteiger partial charge in [0.15, 0.2) is 0 Å². The van der Waals surface area contributed by atoms with Crippen LogP contribution in [0.1, 0.15) is 48.2 Å². The lowest BCUT2D eigenvalue weighted by Gasteiger charge is -2.22. The maximum Gasteiger partial charge on any atom is 0.337 e. The molecule has 0 bridgehead atoms. The highest BCUT2D eigenvalue weighted by Crippen LogP contribution is 2.49. The van der Waals surface area contributed by atoms with Crippen molar-refractivity contribution in [3.05, 3.63) is 47.0 Å². The smallest absolute Gasteiger partial charge is 0.337 e. The van der Waals surface area contributed by atoms with Crippen molar-refractivity contribution in [3.8, 4) is 0 Å². The molecule has 2 nitrogen and oxygen atoms in total. The molecule has 0 saturated heterocycles. The molecule has 0 saturated carbocycles. The van der Waals surface area contributed by atoms with Crippen LogP contribution in [-0.4, -0.2) is 13.1 Å². The first-order chi connectivity index (χ1) is 7.89. The maximum absolute atomic E-state index is 11.5. The Morgan fingerprint density at radius 3 is 2.65 bits per heavy atom. The number of esters is 1. The van der Waals surface area contributed by atoms with Gasteiger partial charge in [0, 0.05) is 11.3 Å². The SMILES string of the molecule is C=C1C(C)c2ccc(C(=O)OC)cc2C1(C)C. The zero-order chi connectivity index (χ0) is 12.8. The van der Waals surface area contributed by atoms with Gasteiger partial charge in [0.2, 0.25) is 0 Å². The van der Waals surface area contributed by atoms with Gasteiger partial charge in [-0.2, -0.15) is 0 Å². The highest BCUT2D eigenvalue weighted by Gasteiger charge is 2.38. The maximum atomic E-state index is 11.5. The number of carbonyl (C=O) groups is 1. The molecule has 0 radical (unpaired) electrons. The van der Waals surface area contributed by atoms with Crippen LogP contribution in [-0.2, 0) is 10.2 Å². The number of hydrogen-bond acceptors (Lipinski definition) is 2. The second-order valence-electron chi connectivity index (χ2n) is 5.17. The molecule has 0 fully saturated rings. The van der Waals surface area contributed by atoms with Crippen LogP contribution < -0.4 is 0 Å². The third kappa shape index (κ3) is 1.59. The summed E-state index contributed by atoms with van der Waals surface area (Å²) in [7, 11) is 1.41. The third-order valence-electron chi connectivity index (χ3n) is 3.94. The van der Waals surface area contributed by atoms with E-state index >= 15 is 0 Å². The van der Waals surface area contributed by atoms with E-state index in [1.54, 1.807) is 0 Å². The summed E-state index contributed by atoms with van der Waals surface area (Å²) in [5, 5.41) is 0. The highest BCUT2D eigenvalue weighted by atomic mass is 16.5. The fourth-order valence-electron chi connectivity index (χ4n) is 2.62. The third-order valence-corrected chi connectivity index (χ3v) is 3.94. The van der Waals surface area contributed by atoms with E-state index in [1.807, 2.05) is 18.2 Å². The minimum atomic E-state index is -0.284. The molecule has 2 rings (SSSR count). The average molecular weight is 230 g/mol. The zero-order valence-corrected chi connectivity index (χ0v) is 10.8. The molecule has 0 spiro atoms. The lowest BCUT2D eigenvalue weighted by Crippen LogP contribution is -2.15. The molecule has 0 aliphatic heterocycles. The standard InChI is InChI=1S/C15H18O2/c1-9-10(2)15(3,4)13-8-11(14(16)17-5)6-7-12(9)13/h6-9H,2H2,1,3-5H3. The molecular formula is C15H18O2. The van der Waals surface area contributed by atoms with Crippen molar-refractivity contribution < 1.29 is 9.53 Å². The van der Waals surface area contributed by atoms with E-state index in [-0.39, 0.29) is 11.4 Å². The highest BCUT2D eigenvalue weighted by molar-refractivity contribution is 5.90. The number of carbonyl (C=O) groups excluding carboxylic acids is 1. The van der Waals surface area contributed by atoms with Gasteiger partial charge in [0.05, 0.1) is 12.7 Å². The number of methoxy groups -OCH3 is 1. The van der Waals surface area contributed by atoms with Gasteiger partial charge in [-0.25, -0.2) is 4.79 Å². The quantitative estimate of drug-likeness (QED) is 0.546. The van der Waals surface area contributed by atoms with Crippen LogP contribution >= 0.6 is 0 Å².